The van der Waals surface area contributed by atoms with Gasteiger partial charge in [0, 0.05) is 49.5 Å². The molecule has 0 saturated carbocycles. The third-order valence-electron chi connectivity index (χ3n) is 5.97. The summed E-state index contributed by atoms with van der Waals surface area (Å²) in [7, 11) is 0. The number of carbonyl (C=O) groups excluding carboxylic acids is 1. The van der Waals surface area contributed by atoms with Crippen molar-refractivity contribution < 1.29 is 9.53 Å². The number of carbonyl (C=O) groups is 1. The second-order valence-corrected chi connectivity index (χ2v) is 8.06. The summed E-state index contributed by atoms with van der Waals surface area (Å²) >= 11 is 0. The number of ether oxygens (including phenoxy) is 1. The van der Waals surface area contributed by atoms with E-state index in [2.05, 4.69) is 15.1 Å². The number of nitrogens with one attached hydrogen (secondary N) is 1. The van der Waals surface area contributed by atoms with Crippen LogP contribution < -0.4 is 0 Å². The summed E-state index contributed by atoms with van der Waals surface area (Å²) in [5, 5.41) is 7.29. The van der Waals surface area contributed by atoms with Crippen LogP contribution in [0.1, 0.15) is 34.6 Å². The van der Waals surface area contributed by atoms with Gasteiger partial charge in [-0.1, -0.05) is 12.1 Å². The largest absolute Gasteiger partial charge is 0.379 e. The van der Waals surface area contributed by atoms with E-state index in [4.69, 9.17) is 4.74 Å². The lowest BCUT2D eigenvalue weighted by Crippen LogP contribution is -2.46. The van der Waals surface area contributed by atoms with Crippen molar-refractivity contribution in [2.75, 3.05) is 45.9 Å². The smallest absolute Gasteiger partial charge is 0.253 e. The molecule has 2 aliphatic rings. The SMILES string of the molecule is Cc1n[nH]c(C)c1-c1ccc(C(=O)N2CCC[C@@H](CN3CCOCC3)C2)cc1. The molecule has 1 aromatic heterocycles. The number of aromatic amines is 1. The molecule has 1 aromatic carbocycles. The molecule has 0 radical (unpaired) electrons. The molecule has 2 saturated heterocycles. The topological polar surface area (TPSA) is 61.5 Å². The van der Waals surface area contributed by atoms with Crippen molar-refractivity contribution >= 4 is 5.91 Å². The zero-order valence-corrected chi connectivity index (χ0v) is 16.9. The lowest BCUT2D eigenvalue weighted by molar-refractivity contribution is 0.0224. The number of amides is 1. The number of benzene rings is 1. The van der Waals surface area contributed by atoms with Crippen LogP contribution in [0.3, 0.4) is 0 Å². The normalized spacial score (nSPS) is 21.1. The van der Waals surface area contributed by atoms with Gasteiger partial charge in [-0.2, -0.15) is 5.10 Å². The fourth-order valence-corrected chi connectivity index (χ4v) is 4.49. The minimum Gasteiger partial charge on any atom is -0.379 e. The van der Waals surface area contributed by atoms with Gasteiger partial charge >= 0.3 is 0 Å². The van der Waals surface area contributed by atoms with Crippen molar-refractivity contribution in [2.45, 2.75) is 26.7 Å². The summed E-state index contributed by atoms with van der Waals surface area (Å²) in [6, 6.07) is 7.98. The molecule has 1 amide bonds. The van der Waals surface area contributed by atoms with Crippen LogP contribution in [0.15, 0.2) is 24.3 Å². The molecule has 6 heteroatoms. The lowest BCUT2D eigenvalue weighted by atomic mass is 9.96. The maximum atomic E-state index is 13.0. The average molecular weight is 383 g/mol. The highest BCUT2D eigenvalue weighted by atomic mass is 16.5. The zero-order valence-electron chi connectivity index (χ0n) is 16.9. The number of aryl methyl sites for hydroxylation is 2. The molecule has 1 atom stereocenters. The van der Waals surface area contributed by atoms with Crippen molar-refractivity contribution in [3.05, 3.63) is 41.2 Å². The minimum absolute atomic E-state index is 0.152. The Balaban J connectivity index is 1.40. The van der Waals surface area contributed by atoms with E-state index in [1.54, 1.807) is 0 Å². The van der Waals surface area contributed by atoms with E-state index in [9.17, 15) is 4.79 Å². The Morgan fingerprint density at radius 3 is 2.61 bits per heavy atom. The van der Waals surface area contributed by atoms with Gasteiger partial charge in [-0.25, -0.2) is 0 Å². The molecular formula is C22H30N4O2. The highest BCUT2D eigenvalue weighted by Gasteiger charge is 2.26. The number of rotatable bonds is 4. The number of H-pyrrole nitrogens is 1. The third-order valence-corrected chi connectivity index (χ3v) is 5.97. The molecule has 0 spiro atoms. The Labute approximate surface area is 166 Å². The third kappa shape index (κ3) is 4.13. The van der Waals surface area contributed by atoms with Crippen LogP contribution in [0.4, 0.5) is 0 Å². The van der Waals surface area contributed by atoms with Crippen molar-refractivity contribution in [1.82, 2.24) is 20.0 Å². The van der Waals surface area contributed by atoms with E-state index in [1.807, 2.05) is 43.0 Å². The van der Waals surface area contributed by atoms with Crippen LogP contribution in [0.25, 0.3) is 11.1 Å². The van der Waals surface area contributed by atoms with E-state index in [1.165, 1.54) is 6.42 Å². The first-order chi connectivity index (χ1) is 13.6. The molecule has 2 fully saturated rings. The highest BCUT2D eigenvalue weighted by Crippen LogP contribution is 2.26. The Morgan fingerprint density at radius 1 is 1.18 bits per heavy atom. The van der Waals surface area contributed by atoms with Crippen LogP contribution in [0.5, 0.6) is 0 Å². The second kappa shape index (κ2) is 8.45. The summed E-state index contributed by atoms with van der Waals surface area (Å²) < 4.78 is 5.45. The summed E-state index contributed by atoms with van der Waals surface area (Å²) in [4.78, 5) is 17.6. The van der Waals surface area contributed by atoms with E-state index >= 15 is 0 Å². The van der Waals surface area contributed by atoms with Crippen LogP contribution >= 0.6 is 0 Å². The maximum Gasteiger partial charge on any atom is 0.253 e. The molecule has 0 unspecified atom stereocenters. The van der Waals surface area contributed by atoms with Crippen LogP contribution in [-0.2, 0) is 4.74 Å². The van der Waals surface area contributed by atoms with Gasteiger partial charge in [-0.05, 0) is 50.3 Å². The molecule has 1 N–H and O–H groups in total. The summed E-state index contributed by atoms with van der Waals surface area (Å²) in [6.45, 7) is 10.5. The Hall–Kier alpha value is -2.18. The van der Waals surface area contributed by atoms with E-state index < -0.39 is 0 Å². The molecule has 2 aromatic rings. The quantitative estimate of drug-likeness (QED) is 0.883. The molecule has 0 bridgehead atoms. The monoisotopic (exact) mass is 382 g/mol. The number of aromatic nitrogens is 2. The Morgan fingerprint density at radius 2 is 1.93 bits per heavy atom. The van der Waals surface area contributed by atoms with Gasteiger partial charge in [-0.15, -0.1) is 0 Å². The van der Waals surface area contributed by atoms with Gasteiger partial charge in [0.1, 0.15) is 0 Å². The maximum absolute atomic E-state index is 13.0. The van der Waals surface area contributed by atoms with Crippen LogP contribution in [0, 0.1) is 19.8 Å². The summed E-state index contributed by atoms with van der Waals surface area (Å²) in [5.41, 5.74) is 5.04. The summed E-state index contributed by atoms with van der Waals surface area (Å²) in [5.74, 6) is 0.713. The van der Waals surface area contributed by atoms with Gasteiger partial charge in [0.05, 0.1) is 18.9 Å². The van der Waals surface area contributed by atoms with Crippen molar-refractivity contribution in [2.24, 2.45) is 5.92 Å². The molecule has 3 heterocycles. The predicted molar refractivity (Wildman–Crippen MR) is 109 cm³/mol. The Bertz CT molecular complexity index is 789. The van der Waals surface area contributed by atoms with Gasteiger partial charge in [0.15, 0.2) is 0 Å². The average Bonchev–Trinajstić information content (AvgIpc) is 3.07. The van der Waals surface area contributed by atoms with Crippen molar-refractivity contribution in [1.29, 1.82) is 0 Å². The number of nitrogens with zero attached hydrogens (tertiary/aromatic N) is 3. The first-order valence-electron chi connectivity index (χ1n) is 10.3. The highest BCUT2D eigenvalue weighted by molar-refractivity contribution is 5.94. The van der Waals surface area contributed by atoms with E-state index in [0.717, 1.165) is 80.4 Å². The molecule has 150 valence electrons. The minimum atomic E-state index is 0.152. The molecular weight excluding hydrogens is 352 g/mol. The van der Waals surface area contributed by atoms with Gasteiger partial charge in [0.2, 0.25) is 0 Å². The van der Waals surface area contributed by atoms with Gasteiger partial charge in [0.25, 0.3) is 5.91 Å². The Kier molecular flexibility index (Phi) is 5.78. The number of piperidine rings is 1. The summed E-state index contributed by atoms with van der Waals surface area (Å²) in [6.07, 6.45) is 2.30. The standard InChI is InChI=1S/C22H30N4O2/c1-16-21(17(2)24-23-16)19-5-7-20(8-6-19)22(27)26-9-3-4-18(15-26)14-25-10-12-28-13-11-25/h5-8,18H,3-4,9-15H2,1-2H3,(H,23,24)/t18-/m0/s1. The molecule has 2 aliphatic heterocycles. The molecule has 6 nitrogen and oxygen atoms in total. The van der Waals surface area contributed by atoms with Gasteiger partial charge in [-0.3, -0.25) is 14.8 Å². The van der Waals surface area contributed by atoms with Crippen molar-refractivity contribution in [3.63, 3.8) is 0 Å². The molecule has 28 heavy (non-hydrogen) atoms. The number of hydrogen-bond donors (Lipinski definition) is 1. The number of likely N-dealkylation sites (tertiary alicyclic amines) is 1. The number of morpholine rings is 1. The fourth-order valence-electron chi connectivity index (χ4n) is 4.49. The van der Waals surface area contributed by atoms with Crippen LogP contribution in [0.2, 0.25) is 0 Å². The zero-order chi connectivity index (χ0) is 19.5. The van der Waals surface area contributed by atoms with E-state index in [-0.39, 0.29) is 5.91 Å². The molecule has 0 aliphatic carbocycles. The number of hydrogen-bond acceptors (Lipinski definition) is 4. The second-order valence-electron chi connectivity index (χ2n) is 8.06. The first kappa shape index (κ1) is 19.2. The van der Waals surface area contributed by atoms with Gasteiger partial charge < -0.3 is 9.64 Å². The molecule has 4 rings (SSSR count). The lowest BCUT2D eigenvalue weighted by Gasteiger charge is -2.36. The first-order valence-corrected chi connectivity index (χ1v) is 10.3. The van der Waals surface area contributed by atoms with E-state index in [0.29, 0.717) is 5.92 Å². The fraction of sp³-hybridized carbons (Fsp3) is 0.545. The predicted octanol–water partition coefficient (Wildman–Crippen LogP) is 2.88. The van der Waals surface area contributed by atoms with Crippen LogP contribution in [-0.4, -0.2) is 71.8 Å². The van der Waals surface area contributed by atoms with Crippen molar-refractivity contribution in [3.8, 4) is 11.1 Å².